The van der Waals surface area contributed by atoms with Gasteiger partial charge in [0.25, 0.3) is 0 Å². The van der Waals surface area contributed by atoms with Gasteiger partial charge >= 0.3 is 0 Å². The predicted octanol–water partition coefficient (Wildman–Crippen LogP) is 15.0. The molecule has 1 aliphatic rings. The van der Waals surface area contributed by atoms with Gasteiger partial charge in [0.2, 0.25) is 0 Å². The van der Waals surface area contributed by atoms with Gasteiger partial charge in [0.1, 0.15) is 0 Å². The molecule has 0 atom stereocenters. The maximum absolute atomic E-state index is 4.14. The molecule has 0 heterocycles. The van der Waals surface area contributed by atoms with Gasteiger partial charge in [-0.3, -0.25) is 0 Å². The fourth-order valence-corrected chi connectivity index (χ4v) is 8.20. The first-order chi connectivity index (χ1) is 26.7. The standard InChI is InChI=1S/C47H32.C6H8S/c1-2-11-32(12-3-1)27-33-13-10-18-36(28-33)39-25-26-44-45(31-39)47(41-24-22-35-15-5-7-17-38(35)30-41)43-20-9-8-19-42(43)46(44)40-23-21-34-14-4-6-16-37(34)29-40;7-6-4-2-1-3-5-6/h1-26,28-31H,27H2;2,4-5,7H,1,3H2. The van der Waals surface area contributed by atoms with Crippen molar-refractivity contribution in [3.8, 4) is 33.4 Å². The van der Waals surface area contributed by atoms with E-state index < -0.39 is 0 Å². The van der Waals surface area contributed by atoms with Crippen LogP contribution in [0.15, 0.2) is 205 Å². The van der Waals surface area contributed by atoms with Gasteiger partial charge in [-0.05, 0) is 130 Å². The topological polar surface area (TPSA) is 0 Å². The third-order valence-corrected chi connectivity index (χ3v) is 10.9. The van der Waals surface area contributed by atoms with Crippen LogP contribution in [-0.2, 0) is 6.42 Å². The van der Waals surface area contributed by atoms with Crippen LogP contribution in [0, 0.1) is 0 Å². The number of allylic oxidation sites excluding steroid dienone is 3. The number of hydrogen-bond donors (Lipinski definition) is 1. The summed E-state index contributed by atoms with van der Waals surface area (Å²) in [6.07, 6.45) is 9.57. The fourth-order valence-electron chi connectivity index (χ4n) is 7.96. The molecule has 0 amide bonds. The highest BCUT2D eigenvalue weighted by Crippen LogP contribution is 2.45. The molecule has 0 radical (unpaired) electrons. The van der Waals surface area contributed by atoms with E-state index >= 15 is 0 Å². The summed E-state index contributed by atoms with van der Waals surface area (Å²) in [5, 5.41) is 10.1. The Morgan fingerprint density at radius 2 is 0.907 bits per heavy atom. The Bertz CT molecular complexity index is 2860. The van der Waals surface area contributed by atoms with E-state index in [4.69, 9.17) is 0 Å². The minimum Gasteiger partial charge on any atom is -0.144 e. The van der Waals surface area contributed by atoms with E-state index in [1.807, 2.05) is 6.08 Å². The van der Waals surface area contributed by atoms with Gasteiger partial charge in [-0.1, -0.05) is 182 Å². The summed E-state index contributed by atoms with van der Waals surface area (Å²) in [6, 6.07) is 67.0. The Hall–Kier alpha value is -6.15. The Morgan fingerprint density at radius 3 is 1.52 bits per heavy atom. The largest absolute Gasteiger partial charge is 0.144 e. The second kappa shape index (κ2) is 15.1. The van der Waals surface area contributed by atoms with E-state index in [2.05, 4.69) is 207 Å². The van der Waals surface area contributed by atoms with Crippen molar-refractivity contribution in [2.75, 3.05) is 0 Å². The smallest absolute Gasteiger partial charge is 0.000306 e. The molecule has 0 saturated heterocycles. The molecule has 0 fully saturated rings. The molecule has 1 aliphatic carbocycles. The highest BCUT2D eigenvalue weighted by Gasteiger charge is 2.18. The lowest BCUT2D eigenvalue weighted by molar-refractivity contribution is 1.03. The molecule has 10 rings (SSSR count). The van der Waals surface area contributed by atoms with Crippen molar-refractivity contribution in [3.05, 3.63) is 216 Å². The molecule has 0 spiro atoms. The monoisotopic (exact) mass is 708 g/mol. The molecule has 0 N–H and O–H groups in total. The Morgan fingerprint density at radius 1 is 0.370 bits per heavy atom. The molecule has 0 aromatic heterocycles. The molecule has 0 unspecified atom stereocenters. The molecule has 9 aromatic rings. The molecule has 54 heavy (non-hydrogen) atoms. The van der Waals surface area contributed by atoms with Crippen molar-refractivity contribution in [3.63, 3.8) is 0 Å². The molecule has 0 nitrogen and oxygen atoms in total. The molecular weight excluding hydrogens is 669 g/mol. The van der Waals surface area contributed by atoms with Gasteiger partial charge in [-0.2, -0.15) is 0 Å². The van der Waals surface area contributed by atoms with Crippen LogP contribution < -0.4 is 0 Å². The number of benzene rings is 9. The van der Waals surface area contributed by atoms with E-state index in [1.54, 1.807) is 0 Å². The lowest BCUT2D eigenvalue weighted by Crippen LogP contribution is -1.93. The van der Waals surface area contributed by atoms with Crippen molar-refractivity contribution in [2.24, 2.45) is 0 Å². The average Bonchev–Trinajstić information content (AvgIpc) is 3.23. The van der Waals surface area contributed by atoms with Crippen molar-refractivity contribution in [1.29, 1.82) is 0 Å². The molecule has 258 valence electrons. The van der Waals surface area contributed by atoms with Crippen LogP contribution >= 0.6 is 12.6 Å². The molecule has 1 heteroatoms. The van der Waals surface area contributed by atoms with Gasteiger partial charge in [-0.25, -0.2) is 0 Å². The molecule has 0 aliphatic heterocycles. The van der Waals surface area contributed by atoms with E-state index in [9.17, 15) is 0 Å². The number of fused-ring (bicyclic) bond motifs is 4. The highest BCUT2D eigenvalue weighted by molar-refractivity contribution is 7.84. The van der Waals surface area contributed by atoms with Crippen molar-refractivity contribution in [1.82, 2.24) is 0 Å². The molecule has 0 bridgehead atoms. The average molecular weight is 709 g/mol. The van der Waals surface area contributed by atoms with Gasteiger partial charge < -0.3 is 0 Å². The number of hydrogen-bond acceptors (Lipinski definition) is 1. The second-order valence-electron chi connectivity index (χ2n) is 14.2. The van der Waals surface area contributed by atoms with Crippen molar-refractivity contribution < 1.29 is 0 Å². The lowest BCUT2D eigenvalue weighted by atomic mass is 9.84. The Kier molecular flexibility index (Phi) is 9.39. The maximum Gasteiger partial charge on any atom is -0.000306 e. The van der Waals surface area contributed by atoms with E-state index in [-0.39, 0.29) is 0 Å². The Labute approximate surface area is 323 Å². The third-order valence-electron chi connectivity index (χ3n) is 10.6. The van der Waals surface area contributed by atoms with Crippen LogP contribution in [0.25, 0.3) is 76.5 Å². The van der Waals surface area contributed by atoms with E-state index in [0.717, 1.165) is 17.7 Å². The van der Waals surface area contributed by atoms with Gasteiger partial charge in [-0.15, -0.1) is 12.6 Å². The summed E-state index contributed by atoms with van der Waals surface area (Å²) < 4.78 is 0. The highest BCUT2D eigenvalue weighted by atomic mass is 32.1. The van der Waals surface area contributed by atoms with Crippen molar-refractivity contribution >= 4 is 55.7 Å². The molecular formula is C53H40S. The lowest BCUT2D eigenvalue weighted by Gasteiger charge is -2.19. The first kappa shape index (κ1) is 33.7. The third kappa shape index (κ3) is 6.87. The quantitative estimate of drug-likeness (QED) is 0.134. The summed E-state index contributed by atoms with van der Waals surface area (Å²) in [7, 11) is 0. The van der Waals surface area contributed by atoms with Crippen molar-refractivity contribution in [2.45, 2.75) is 19.3 Å². The van der Waals surface area contributed by atoms with Gasteiger partial charge in [0, 0.05) is 0 Å². The van der Waals surface area contributed by atoms with Crippen LogP contribution in [0.4, 0.5) is 0 Å². The maximum atomic E-state index is 4.14. The zero-order valence-corrected chi connectivity index (χ0v) is 31.0. The van der Waals surface area contributed by atoms with Crippen LogP contribution in [-0.4, -0.2) is 0 Å². The first-order valence-corrected chi connectivity index (χ1v) is 19.3. The summed E-state index contributed by atoms with van der Waals surface area (Å²) >= 11 is 4.14. The fraction of sp³-hybridized carbons (Fsp3) is 0.0566. The number of rotatable bonds is 5. The van der Waals surface area contributed by atoms with Gasteiger partial charge in [0.05, 0.1) is 0 Å². The van der Waals surface area contributed by atoms with E-state index in [0.29, 0.717) is 0 Å². The summed E-state index contributed by atoms with van der Waals surface area (Å²) in [5.74, 6) is 0. The van der Waals surface area contributed by atoms with Crippen LogP contribution in [0.1, 0.15) is 24.0 Å². The number of thiol groups is 1. The van der Waals surface area contributed by atoms with Crippen LogP contribution in [0.5, 0.6) is 0 Å². The van der Waals surface area contributed by atoms with Crippen LogP contribution in [0.2, 0.25) is 0 Å². The Balaban J connectivity index is 0.000000496. The zero-order chi connectivity index (χ0) is 36.3. The van der Waals surface area contributed by atoms with Crippen LogP contribution in [0.3, 0.4) is 0 Å². The minimum atomic E-state index is 0.918. The SMILES string of the molecule is SC1=CCCC=C1.c1ccc(Cc2cccc(-c3ccc4c(-c5ccc6ccccc6c5)c5ccccc5c(-c5ccc6ccccc6c5)c4c3)c2)cc1. The van der Waals surface area contributed by atoms with E-state index in [1.165, 1.54) is 94.0 Å². The summed E-state index contributed by atoms with van der Waals surface area (Å²) in [5.41, 5.74) is 10.2. The summed E-state index contributed by atoms with van der Waals surface area (Å²) in [4.78, 5) is 1.10. The first-order valence-electron chi connectivity index (χ1n) is 18.8. The molecule has 9 aromatic carbocycles. The second-order valence-corrected chi connectivity index (χ2v) is 14.7. The minimum absolute atomic E-state index is 0.918. The zero-order valence-electron chi connectivity index (χ0n) is 30.1. The van der Waals surface area contributed by atoms with Gasteiger partial charge in [0.15, 0.2) is 0 Å². The predicted molar refractivity (Wildman–Crippen MR) is 237 cm³/mol. The summed E-state index contributed by atoms with van der Waals surface area (Å²) in [6.45, 7) is 0. The normalized spacial score (nSPS) is 12.5. The molecule has 0 saturated carbocycles.